The molecule has 0 aliphatic heterocycles. The van der Waals surface area contributed by atoms with Gasteiger partial charge in [0.2, 0.25) is 5.91 Å². The van der Waals surface area contributed by atoms with E-state index in [9.17, 15) is 13.6 Å². The Labute approximate surface area is 146 Å². The van der Waals surface area contributed by atoms with Crippen molar-refractivity contribution in [1.29, 1.82) is 0 Å². The standard InChI is InChI=1S/C19H23F2N3O/c20-19(21,14-22)15-23-18(25)13-24(11-16-7-3-1-4-8-16)12-17-9-5-2-6-10-17/h1-10H,11-15,22H2,(H,23,25). The van der Waals surface area contributed by atoms with Crippen LogP contribution in [0.1, 0.15) is 11.1 Å². The number of nitrogens with one attached hydrogen (secondary N) is 1. The van der Waals surface area contributed by atoms with E-state index in [-0.39, 0.29) is 6.54 Å². The van der Waals surface area contributed by atoms with Gasteiger partial charge in [0.05, 0.1) is 19.6 Å². The van der Waals surface area contributed by atoms with Gasteiger partial charge >= 0.3 is 0 Å². The van der Waals surface area contributed by atoms with Crippen molar-refractivity contribution < 1.29 is 13.6 Å². The molecule has 2 rings (SSSR count). The average Bonchev–Trinajstić information content (AvgIpc) is 2.62. The Bertz CT molecular complexity index is 609. The zero-order valence-corrected chi connectivity index (χ0v) is 14.0. The molecule has 0 heterocycles. The predicted molar refractivity (Wildman–Crippen MR) is 94.0 cm³/mol. The number of alkyl halides is 2. The smallest absolute Gasteiger partial charge is 0.277 e. The summed E-state index contributed by atoms with van der Waals surface area (Å²) in [6.07, 6.45) is 0. The third-order valence-electron chi connectivity index (χ3n) is 3.71. The number of halogens is 2. The molecule has 0 aliphatic carbocycles. The van der Waals surface area contributed by atoms with Gasteiger partial charge in [-0.3, -0.25) is 9.69 Å². The number of nitrogens with two attached hydrogens (primary N) is 1. The Morgan fingerprint density at radius 1 is 0.960 bits per heavy atom. The number of rotatable bonds is 9. The number of carbonyl (C=O) groups excluding carboxylic acids is 1. The number of benzene rings is 2. The predicted octanol–water partition coefficient (Wildman–Crippen LogP) is 2.40. The van der Waals surface area contributed by atoms with Crippen molar-refractivity contribution in [3.05, 3.63) is 71.8 Å². The Hall–Kier alpha value is -2.31. The first kappa shape index (κ1) is 19.0. The van der Waals surface area contributed by atoms with E-state index in [1.54, 1.807) is 0 Å². The fourth-order valence-electron chi connectivity index (χ4n) is 2.41. The van der Waals surface area contributed by atoms with Crippen molar-refractivity contribution in [1.82, 2.24) is 10.2 Å². The maximum absolute atomic E-state index is 13.2. The average molecular weight is 347 g/mol. The molecule has 0 fully saturated rings. The number of amides is 1. The van der Waals surface area contributed by atoms with Gasteiger partial charge in [-0.25, -0.2) is 8.78 Å². The van der Waals surface area contributed by atoms with Crippen LogP contribution in [-0.2, 0) is 17.9 Å². The van der Waals surface area contributed by atoms with Gasteiger partial charge in [0.1, 0.15) is 0 Å². The molecule has 25 heavy (non-hydrogen) atoms. The van der Waals surface area contributed by atoms with Crippen LogP contribution in [0.2, 0.25) is 0 Å². The lowest BCUT2D eigenvalue weighted by Gasteiger charge is -2.23. The van der Waals surface area contributed by atoms with Gasteiger partial charge in [0.25, 0.3) is 5.92 Å². The number of carbonyl (C=O) groups is 1. The summed E-state index contributed by atoms with van der Waals surface area (Å²) >= 11 is 0. The van der Waals surface area contributed by atoms with Crippen LogP contribution in [0, 0.1) is 0 Å². The minimum absolute atomic E-state index is 0.0322. The summed E-state index contributed by atoms with van der Waals surface area (Å²) in [7, 11) is 0. The summed E-state index contributed by atoms with van der Waals surface area (Å²) in [5.41, 5.74) is 7.09. The van der Waals surface area contributed by atoms with Crippen molar-refractivity contribution in [3.8, 4) is 0 Å². The third kappa shape index (κ3) is 6.99. The summed E-state index contributed by atoms with van der Waals surface area (Å²) in [6, 6.07) is 19.4. The maximum atomic E-state index is 13.2. The Morgan fingerprint density at radius 2 is 1.44 bits per heavy atom. The first-order valence-corrected chi connectivity index (χ1v) is 8.13. The molecule has 0 saturated heterocycles. The van der Waals surface area contributed by atoms with E-state index in [1.165, 1.54) is 0 Å². The minimum atomic E-state index is -3.08. The lowest BCUT2D eigenvalue weighted by molar-refractivity contribution is -0.124. The molecule has 2 aromatic rings. The monoisotopic (exact) mass is 347 g/mol. The fraction of sp³-hybridized carbons (Fsp3) is 0.316. The molecule has 0 aromatic heterocycles. The van der Waals surface area contributed by atoms with E-state index < -0.39 is 24.9 Å². The van der Waals surface area contributed by atoms with Crippen LogP contribution in [-0.4, -0.2) is 36.4 Å². The van der Waals surface area contributed by atoms with E-state index in [2.05, 4.69) is 5.32 Å². The summed E-state index contributed by atoms with van der Waals surface area (Å²) in [6.45, 7) is -0.394. The molecule has 0 spiro atoms. The highest BCUT2D eigenvalue weighted by Crippen LogP contribution is 2.11. The third-order valence-corrected chi connectivity index (χ3v) is 3.71. The Kier molecular flexibility index (Phi) is 7.03. The molecule has 134 valence electrons. The second-order valence-corrected chi connectivity index (χ2v) is 5.95. The van der Waals surface area contributed by atoms with E-state index in [0.29, 0.717) is 13.1 Å². The van der Waals surface area contributed by atoms with Crippen LogP contribution in [0.15, 0.2) is 60.7 Å². The molecule has 3 N–H and O–H groups in total. The van der Waals surface area contributed by atoms with Crippen molar-refractivity contribution in [3.63, 3.8) is 0 Å². The van der Waals surface area contributed by atoms with Crippen molar-refractivity contribution in [2.75, 3.05) is 19.6 Å². The molecule has 4 nitrogen and oxygen atoms in total. The van der Waals surface area contributed by atoms with E-state index >= 15 is 0 Å². The zero-order valence-electron chi connectivity index (χ0n) is 14.0. The van der Waals surface area contributed by atoms with E-state index in [4.69, 9.17) is 5.73 Å². The highest BCUT2D eigenvalue weighted by atomic mass is 19.3. The molecule has 0 saturated carbocycles. The van der Waals surface area contributed by atoms with Crippen LogP contribution >= 0.6 is 0 Å². The normalized spacial score (nSPS) is 11.5. The number of nitrogens with zero attached hydrogens (tertiary/aromatic N) is 1. The van der Waals surface area contributed by atoms with Crippen molar-refractivity contribution >= 4 is 5.91 Å². The van der Waals surface area contributed by atoms with Gasteiger partial charge < -0.3 is 11.1 Å². The summed E-state index contributed by atoms with van der Waals surface area (Å²) in [5, 5.41) is 2.27. The molecule has 1 amide bonds. The molecule has 2 aromatic carbocycles. The van der Waals surface area contributed by atoms with Gasteiger partial charge in [-0.1, -0.05) is 60.7 Å². The highest BCUT2D eigenvalue weighted by molar-refractivity contribution is 5.78. The van der Waals surface area contributed by atoms with Gasteiger partial charge in [0, 0.05) is 13.1 Å². The Morgan fingerprint density at radius 3 is 1.88 bits per heavy atom. The molecule has 0 radical (unpaired) electrons. The fourth-order valence-corrected chi connectivity index (χ4v) is 2.41. The second kappa shape index (κ2) is 9.25. The lowest BCUT2D eigenvalue weighted by atomic mass is 10.1. The summed E-state index contributed by atoms with van der Waals surface area (Å²) in [5.74, 6) is -3.53. The van der Waals surface area contributed by atoms with Crippen molar-refractivity contribution in [2.45, 2.75) is 19.0 Å². The van der Waals surface area contributed by atoms with Crippen LogP contribution in [0.4, 0.5) is 8.78 Å². The van der Waals surface area contributed by atoms with Crippen LogP contribution in [0.25, 0.3) is 0 Å². The number of hydrogen-bond acceptors (Lipinski definition) is 3. The van der Waals surface area contributed by atoms with Crippen LogP contribution < -0.4 is 11.1 Å². The first-order chi connectivity index (χ1) is 12.0. The lowest BCUT2D eigenvalue weighted by Crippen LogP contribution is -2.44. The molecule has 0 atom stereocenters. The van der Waals surface area contributed by atoms with Gasteiger partial charge in [-0.2, -0.15) is 0 Å². The summed E-state index contributed by atoms with van der Waals surface area (Å²) in [4.78, 5) is 14.0. The second-order valence-electron chi connectivity index (χ2n) is 5.95. The SMILES string of the molecule is NCC(F)(F)CNC(=O)CN(Cc1ccccc1)Cc1ccccc1. The Balaban J connectivity index is 1.99. The van der Waals surface area contributed by atoms with E-state index in [0.717, 1.165) is 11.1 Å². The zero-order chi connectivity index (χ0) is 18.1. The molecule has 0 unspecified atom stereocenters. The maximum Gasteiger partial charge on any atom is 0.277 e. The van der Waals surface area contributed by atoms with Gasteiger partial charge in [0.15, 0.2) is 0 Å². The van der Waals surface area contributed by atoms with Crippen LogP contribution in [0.3, 0.4) is 0 Å². The molecule has 6 heteroatoms. The summed E-state index contributed by atoms with van der Waals surface area (Å²) < 4.78 is 26.4. The van der Waals surface area contributed by atoms with Crippen LogP contribution in [0.5, 0.6) is 0 Å². The van der Waals surface area contributed by atoms with Gasteiger partial charge in [-0.15, -0.1) is 0 Å². The minimum Gasteiger partial charge on any atom is -0.349 e. The molecular weight excluding hydrogens is 324 g/mol. The largest absolute Gasteiger partial charge is 0.349 e. The topological polar surface area (TPSA) is 58.4 Å². The molecule has 0 bridgehead atoms. The van der Waals surface area contributed by atoms with Gasteiger partial charge in [-0.05, 0) is 11.1 Å². The molecule has 0 aliphatic rings. The molecular formula is C19H23F2N3O. The first-order valence-electron chi connectivity index (χ1n) is 8.13. The van der Waals surface area contributed by atoms with Crippen molar-refractivity contribution in [2.24, 2.45) is 5.73 Å². The quantitative estimate of drug-likeness (QED) is 0.732. The van der Waals surface area contributed by atoms with E-state index in [1.807, 2.05) is 65.6 Å². The highest BCUT2D eigenvalue weighted by Gasteiger charge is 2.27. The number of hydrogen-bond donors (Lipinski definition) is 2.